The molecule has 178 valence electrons. The van der Waals surface area contributed by atoms with Gasteiger partial charge in [0.1, 0.15) is 5.76 Å². The molecule has 2 heterocycles. The van der Waals surface area contributed by atoms with Crippen molar-refractivity contribution in [2.75, 3.05) is 26.2 Å². The Morgan fingerprint density at radius 3 is 2.24 bits per heavy atom. The van der Waals surface area contributed by atoms with Crippen LogP contribution >= 0.6 is 0 Å². The molecule has 1 amide bonds. The maximum absolute atomic E-state index is 13.3. The maximum Gasteiger partial charge on any atom is 0.290 e. The molecule has 0 bridgehead atoms. The summed E-state index contributed by atoms with van der Waals surface area (Å²) in [5.74, 6) is -0.717. The highest BCUT2D eigenvalue weighted by molar-refractivity contribution is 6.15. The average molecular weight is 453 g/mol. The highest BCUT2D eigenvalue weighted by atomic mass is 16.3. The summed E-state index contributed by atoms with van der Waals surface area (Å²) in [5, 5.41) is 10.8. The topological polar surface area (TPSA) is 74.0 Å². The van der Waals surface area contributed by atoms with E-state index in [0.717, 1.165) is 37.2 Å². The van der Waals surface area contributed by atoms with E-state index >= 15 is 0 Å². The Hall–Kier alpha value is -2.86. The molecule has 1 unspecified atom stereocenters. The Kier molecular flexibility index (Phi) is 7.48. The number of aliphatic hydroxyl groups is 1. The van der Waals surface area contributed by atoms with Crippen molar-refractivity contribution < 1.29 is 19.1 Å². The van der Waals surface area contributed by atoms with Crippen molar-refractivity contribution in [1.29, 1.82) is 0 Å². The third-order valence-electron chi connectivity index (χ3n) is 6.37. The van der Waals surface area contributed by atoms with Gasteiger partial charge in [-0.25, -0.2) is 0 Å². The molecule has 0 spiro atoms. The number of nitrogens with zero attached hydrogens (tertiary/aromatic N) is 2. The van der Waals surface area contributed by atoms with Crippen LogP contribution in [0.25, 0.3) is 0 Å². The summed E-state index contributed by atoms with van der Waals surface area (Å²) in [6.07, 6.45) is 0.749. The van der Waals surface area contributed by atoms with E-state index < -0.39 is 23.5 Å². The number of aryl methyl sites for hydroxylation is 1. The van der Waals surface area contributed by atoms with Gasteiger partial charge in [0.2, 0.25) is 5.78 Å². The van der Waals surface area contributed by atoms with Gasteiger partial charge < -0.3 is 19.3 Å². The summed E-state index contributed by atoms with van der Waals surface area (Å²) in [4.78, 5) is 30.4. The van der Waals surface area contributed by atoms with E-state index in [-0.39, 0.29) is 16.7 Å². The Balaban J connectivity index is 1.97. The Bertz CT molecular complexity index is 1020. The largest absolute Gasteiger partial charge is 0.503 e. The third kappa shape index (κ3) is 5.22. The number of carbonyl (C=O) groups is 2. The molecule has 1 atom stereocenters. The lowest BCUT2D eigenvalue weighted by Gasteiger charge is -2.28. The molecule has 1 N–H and O–H groups in total. The zero-order valence-corrected chi connectivity index (χ0v) is 20.6. The van der Waals surface area contributed by atoms with E-state index in [0.29, 0.717) is 12.3 Å². The fraction of sp³-hybridized carbons (Fsp3) is 0.481. The summed E-state index contributed by atoms with van der Waals surface area (Å²) < 4.78 is 5.53. The minimum atomic E-state index is -0.652. The van der Waals surface area contributed by atoms with Crippen LogP contribution in [0.5, 0.6) is 0 Å². The highest BCUT2D eigenvalue weighted by Gasteiger charge is 2.44. The van der Waals surface area contributed by atoms with Crippen molar-refractivity contribution in [3.8, 4) is 0 Å². The standard InChI is InChI=1S/C27H36N2O4/c1-7-28(8-2)16-9-17-29-23(19-11-13-20(14-12-19)27(4,5)6)22(25(31)26(29)32)24(30)21-15-10-18(3)33-21/h10-15,23,31H,7-9,16-17H2,1-6H3. The highest BCUT2D eigenvalue weighted by Crippen LogP contribution is 2.39. The molecule has 1 aromatic heterocycles. The molecule has 0 radical (unpaired) electrons. The molecule has 1 aromatic carbocycles. The number of hydrogen-bond donors (Lipinski definition) is 1. The first-order valence-electron chi connectivity index (χ1n) is 11.8. The van der Waals surface area contributed by atoms with E-state index in [2.05, 4.69) is 39.5 Å². The normalized spacial score (nSPS) is 16.9. The summed E-state index contributed by atoms with van der Waals surface area (Å²) in [6, 6.07) is 10.6. The zero-order valence-electron chi connectivity index (χ0n) is 20.6. The van der Waals surface area contributed by atoms with Crippen LogP contribution in [0.4, 0.5) is 0 Å². The van der Waals surface area contributed by atoms with E-state index in [1.165, 1.54) is 0 Å². The smallest absolute Gasteiger partial charge is 0.290 e. The van der Waals surface area contributed by atoms with Crippen molar-refractivity contribution in [3.05, 3.63) is 70.4 Å². The van der Waals surface area contributed by atoms with Gasteiger partial charge in [-0.1, -0.05) is 58.9 Å². The van der Waals surface area contributed by atoms with Crippen LogP contribution in [0.3, 0.4) is 0 Å². The molecule has 1 aliphatic heterocycles. The Morgan fingerprint density at radius 2 is 1.73 bits per heavy atom. The second-order valence-electron chi connectivity index (χ2n) is 9.66. The Morgan fingerprint density at radius 1 is 1.09 bits per heavy atom. The summed E-state index contributed by atoms with van der Waals surface area (Å²) >= 11 is 0. The summed E-state index contributed by atoms with van der Waals surface area (Å²) in [6.45, 7) is 15.6. The fourth-order valence-electron chi connectivity index (χ4n) is 4.32. The number of Topliss-reactive ketones (excluding diaryl/α,β-unsaturated/α-hetero) is 1. The van der Waals surface area contributed by atoms with Crippen molar-refractivity contribution in [2.45, 2.75) is 59.4 Å². The van der Waals surface area contributed by atoms with Crippen LogP contribution in [-0.4, -0.2) is 52.8 Å². The molecular weight excluding hydrogens is 416 g/mol. The van der Waals surface area contributed by atoms with Gasteiger partial charge in [-0.2, -0.15) is 0 Å². The molecule has 0 saturated heterocycles. The number of benzene rings is 1. The summed E-state index contributed by atoms with van der Waals surface area (Å²) in [7, 11) is 0. The van der Waals surface area contributed by atoms with Crippen molar-refractivity contribution in [3.63, 3.8) is 0 Å². The molecule has 33 heavy (non-hydrogen) atoms. The zero-order chi connectivity index (χ0) is 24.3. The molecular formula is C27H36N2O4. The van der Waals surface area contributed by atoms with Crippen LogP contribution in [-0.2, 0) is 10.2 Å². The first-order valence-corrected chi connectivity index (χ1v) is 11.8. The lowest BCUT2D eigenvalue weighted by Crippen LogP contribution is -2.34. The Labute approximate surface area is 196 Å². The number of ketones is 1. The molecule has 0 fully saturated rings. The lowest BCUT2D eigenvalue weighted by atomic mass is 9.85. The van der Waals surface area contributed by atoms with Crippen molar-refractivity contribution in [1.82, 2.24) is 9.80 Å². The SMILES string of the molecule is CCN(CC)CCCN1C(=O)C(O)=C(C(=O)c2ccc(C)o2)C1c1ccc(C(C)(C)C)cc1. The van der Waals surface area contributed by atoms with Gasteiger partial charge in [0.05, 0.1) is 11.6 Å². The van der Waals surface area contributed by atoms with Crippen LogP contribution in [0.15, 0.2) is 52.1 Å². The molecule has 1 aliphatic rings. The van der Waals surface area contributed by atoms with Gasteiger partial charge in [-0.3, -0.25) is 9.59 Å². The molecule has 6 nitrogen and oxygen atoms in total. The minimum absolute atomic E-state index is 0.0181. The molecule has 0 saturated carbocycles. The lowest BCUT2D eigenvalue weighted by molar-refractivity contribution is -0.129. The van der Waals surface area contributed by atoms with E-state index in [4.69, 9.17) is 4.42 Å². The van der Waals surface area contributed by atoms with E-state index in [9.17, 15) is 14.7 Å². The monoisotopic (exact) mass is 452 g/mol. The number of aliphatic hydroxyl groups excluding tert-OH is 1. The van der Waals surface area contributed by atoms with Gasteiger partial charge in [-0.05, 0) is 61.7 Å². The molecule has 6 heteroatoms. The first-order chi connectivity index (χ1) is 15.6. The number of amides is 1. The quantitative estimate of drug-likeness (QED) is 0.530. The molecule has 3 rings (SSSR count). The first kappa shape index (κ1) is 24.8. The van der Waals surface area contributed by atoms with Gasteiger partial charge in [-0.15, -0.1) is 0 Å². The second-order valence-corrected chi connectivity index (χ2v) is 9.66. The number of rotatable bonds is 9. The van der Waals surface area contributed by atoms with E-state index in [1.807, 2.05) is 24.3 Å². The predicted molar refractivity (Wildman–Crippen MR) is 129 cm³/mol. The summed E-state index contributed by atoms with van der Waals surface area (Å²) in [5.41, 5.74) is 2.03. The van der Waals surface area contributed by atoms with Gasteiger partial charge >= 0.3 is 0 Å². The minimum Gasteiger partial charge on any atom is -0.503 e. The second kappa shape index (κ2) is 9.96. The number of furan rings is 1. The van der Waals surface area contributed by atoms with Crippen LogP contribution < -0.4 is 0 Å². The molecule has 2 aromatic rings. The number of hydrogen-bond acceptors (Lipinski definition) is 5. The fourth-order valence-corrected chi connectivity index (χ4v) is 4.32. The predicted octanol–water partition coefficient (Wildman–Crippen LogP) is 5.20. The van der Waals surface area contributed by atoms with Gasteiger partial charge in [0.15, 0.2) is 11.5 Å². The molecule has 0 aliphatic carbocycles. The third-order valence-corrected chi connectivity index (χ3v) is 6.37. The van der Waals surface area contributed by atoms with Crippen LogP contribution in [0.1, 0.15) is 74.5 Å². The van der Waals surface area contributed by atoms with Crippen molar-refractivity contribution in [2.24, 2.45) is 0 Å². The average Bonchev–Trinajstić information content (AvgIpc) is 3.32. The van der Waals surface area contributed by atoms with E-state index in [1.54, 1.807) is 24.0 Å². The number of carbonyl (C=O) groups excluding carboxylic acids is 2. The van der Waals surface area contributed by atoms with Gasteiger partial charge in [0.25, 0.3) is 5.91 Å². The van der Waals surface area contributed by atoms with Gasteiger partial charge in [0, 0.05) is 6.54 Å². The van der Waals surface area contributed by atoms with Crippen LogP contribution in [0, 0.1) is 6.92 Å². The van der Waals surface area contributed by atoms with Crippen molar-refractivity contribution >= 4 is 11.7 Å². The van der Waals surface area contributed by atoms with Crippen LogP contribution in [0.2, 0.25) is 0 Å². The maximum atomic E-state index is 13.3.